The molecule has 6 aromatic rings. The average Bonchev–Trinajstić information content (AvgIpc) is 3.87. The van der Waals surface area contributed by atoms with Crippen molar-refractivity contribution >= 4 is 5.78 Å². The van der Waals surface area contributed by atoms with E-state index in [0.29, 0.717) is 41.1 Å². The third-order valence-corrected chi connectivity index (χ3v) is 8.07. The minimum Gasteiger partial charge on any atom is -0.389 e. The van der Waals surface area contributed by atoms with E-state index in [2.05, 4.69) is 20.5 Å². The Morgan fingerprint density at radius 2 is 1.29 bits per heavy atom. The van der Waals surface area contributed by atoms with Gasteiger partial charge in [-0.25, -0.2) is 8.78 Å². The molecule has 6 rings (SSSR count). The highest BCUT2D eigenvalue weighted by atomic mass is 19.1. The summed E-state index contributed by atoms with van der Waals surface area (Å²) in [5, 5.41) is 26.6. The topological polar surface area (TPSA) is 125 Å². The lowest BCUT2D eigenvalue weighted by Crippen LogP contribution is -1.99. The number of aliphatic hydroxyl groups excluding tert-OH is 1. The molecule has 0 saturated heterocycles. The van der Waals surface area contributed by atoms with Crippen LogP contribution in [0.4, 0.5) is 8.78 Å². The van der Waals surface area contributed by atoms with Gasteiger partial charge in [0.1, 0.15) is 11.6 Å². The van der Waals surface area contributed by atoms with Gasteiger partial charge in [0.25, 0.3) is 0 Å². The molecule has 0 amide bonds. The number of ketones is 1. The highest BCUT2D eigenvalue weighted by Gasteiger charge is 2.22. The monoisotopic (exact) mass is 656 g/mol. The van der Waals surface area contributed by atoms with Crippen molar-refractivity contribution in [1.82, 2.24) is 29.9 Å². The summed E-state index contributed by atoms with van der Waals surface area (Å²) >= 11 is 0. The first-order chi connectivity index (χ1) is 23.0. The first kappa shape index (κ1) is 34.1. The van der Waals surface area contributed by atoms with Gasteiger partial charge in [0, 0.05) is 66.1 Å². The van der Waals surface area contributed by atoms with Gasteiger partial charge in [-0.1, -0.05) is 10.3 Å². The van der Waals surface area contributed by atoms with Crippen LogP contribution in [0.2, 0.25) is 0 Å². The number of hydrogen-bond acceptors (Lipinski definition) is 8. The van der Waals surface area contributed by atoms with Gasteiger partial charge in [-0.2, -0.15) is 10.2 Å². The molecule has 1 N–H and O–H groups in total. The van der Waals surface area contributed by atoms with E-state index in [1.165, 1.54) is 31.2 Å². The summed E-state index contributed by atoms with van der Waals surface area (Å²) in [6, 6.07) is 8.42. The van der Waals surface area contributed by atoms with Crippen LogP contribution >= 0.6 is 0 Å². The molecule has 250 valence electrons. The Morgan fingerprint density at radius 3 is 1.75 bits per heavy atom. The maximum Gasteiger partial charge on any atom is 0.171 e. The predicted octanol–water partition coefficient (Wildman–Crippen LogP) is 7.45. The molecule has 0 bridgehead atoms. The Kier molecular flexibility index (Phi) is 10.4. The average molecular weight is 657 g/mol. The second-order valence-corrected chi connectivity index (χ2v) is 11.6. The van der Waals surface area contributed by atoms with Crippen LogP contribution in [-0.4, -0.2) is 40.8 Å². The lowest BCUT2D eigenvalue weighted by molar-refractivity contribution is 0.101. The zero-order valence-corrected chi connectivity index (χ0v) is 27.8. The molecule has 4 heterocycles. The van der Waals surface area contributed by atoms with E-state index >= 15 is 0 Å². The molecule has 1 atom stereocenters. The van der Waals surface area contributed by atoms with Gasteiger partial charge < -0.3 is 14.2 Å². The SMILES string of the molecule is CCn1cc(Cc2c(C)noc2-c2ccc(F)cc2C(C)=O)cn1.CCn1cc(Cc2c(C)noc2-c2ccc(F)cc2C(C)O)cn1. The van der Waals surface area contributed by atoms with E-state index in [4.69, 9.17) is 9.05 Å². The number of carbonyl (C=O) groups is 1. The highest BCUT2D eigenvalue weighted by molar-refractivity contribution is 6.00. The quantitative estimate of drug-likeness (QED) is 0.151. The van der Waals surface area contributed by atoms with Gasteiger partial charge in [0.15, 0.2) is 17.3 Å². The Morgan fingerprint density at radius 1 is 0.812 bits per heavy atom. The standard InChI is InChI=1S/C18H20FN3O2.C18H18FN3O2/c2*1-4-22-10-13(9-20-22)7-16-11(2)21-24-18(16)15-6-5-14(19)8-17(15)12(3)23/h5-6,8-10,12,23H,4,7H2,1-3H3;5-6,8-10H,4,7H2,1-3H3. The van der Waals surface area contributed by atoms with Crippen LogP contribution in [-0.2, 0) is 25.9 Å². The highest BCUT2D eigenvalue weighted by Crippen LogP contribution is 2.34. The number of hydrogen-bond donors (Lipinski definition) is 1. The van der Waals surface area contributed by atoms with Gasteiger partial charge in [-0.05, 0) is 94.6 Å². The second-order valence-electron chi connectivity index (χ2n) is 11.6. The first-order valence-electron chi connectivity index (χ1n) is 15.7. The number of halogens is 2. The lowest BCUT2D eigenvalue weighted by atomic mass is 9.96. The smallest absolute Gasteiger partial charge is 0.171 e. The normalized spacial score (nSPS) is 11.8. The van der Waals surface area contributed by atoms with E-state index in [1.54, 1.807) is 25.3 Å². The molecule has 10 nitrogen and oxygen atoms in total. The Bertz CT molecular complexity index is 2040. The van der Waals surface area contributed by atoms with E-state index in [-0.39, 0.29) is 11.3 Å². The number of aliphatic hydroxyl groups is 1. The fourth-order valence-corrected chi connectivity index (χ4v) is 5.46. The third kappa shape index (κ3) is 7.49. The summed E-state index contributed by atoms with van der Waals surface area (Å²) in [6.45, 7) is 12.4. The van der Waals surface area contributed by atoms with Gasteiger partial charge in [0.05, 0.1) is 29.9 Å². The molecule has 1 unspecified atom stereocenters. The summed E-state index contributed by atoms with van der Waals surface area (Å²) in [7, 11) is 0. The minimum absolute atomic E-state index is 0.219. The first-order valence-corrected chi connectivity index (χ1v) is 15.7. The van der Waals surface area contributed by atoms with Crippen molar-refractivity contribution in [2.75, 3.05) is 0 Å². The number of nitrogens with zero attached hydrogens (tertiary/aromatic N) is 6. The molecule has 0 fully saturated rings. The summed E-state index contributed by atoms with van der Waals surface area (Å²) in [4.78, 5) is 11.9. The summed E-state index contributed by atoms with van der Waals surface area (Å²) in [5.41, 5.74) is 7.36. The molecular formula is C36H38F2N6O4. The molecule has 0 aliphatic rings. The van der Waals surface area contributed by atoms with E-state index in [0.717, 1.165) is 46.7 Å². The molecular weight excluding hydrogens is 618 g/mol. The second kappa shape index (κ2) is 14.7. The largest absolute Gasteiger partial charge is 0.389 e. The van der Waals surface area contributed by atoms with Crippen LogP contribution in [0.15, 0.2) is 70.2 Å². The predicted molar refractivity (Wildman–Crippen MR) is 175 cm³/mol. The maximum atomic E-state index is 13.5. The van der Waals surface area contributed by atoms with E-state index in [9.17, 15) is 18.7 Å². The van der Waals surface area contributed by atoms with Crippen LogP contribution in [0.25, 0.3) is 22.6 Å². The number of aromatic nitrogens is 6. The Balaban J connectivity index is 0.000000188. The fourth-order valence-electron chi connectivity index (χ4n) is 5.46. The van der Waals surface area contributed by atoms with Crippen molar-refractivity contribution in [2.24, 2.45) is 0 Å². The summed E-state index contributed by atoms with van der Waals surface area (Å²) in [5.74, 6) is 0.000483. The number of Topliss-reactive ketones (excluding diaryl/α,β-unsaturated/α-hetero) is 1. The van der Waals surface area contributed by atoms with Crippen LogP contribution in [0.3, 0.4) is 0 Å². The van der Waals surface area contributed by atoms with Gasteiger partial charge in [-0.3, -0.25) is 14.2 Å². The van der Waals surface area contributed by atoms with Crippen molar-refractivity contribution in [3.05, 3.63) is 118 Å². The molecule has 2 aromatic carbocycles. The fraction of sp³-hybridized carbons (Fsp3) is 0.306. The molecule has 12 heteroatoms. The third-order valence-electron chi connectivity index (χ3n) is 8.07. The van der Waals surface area contributed by atoms with Crippen molar-refractivity contribution in [3.63, 3.8) is 0 Å². The Labute approximate surface area is 277 Å². The van der Waals surface area contributed by atoms with Crippen LogP contribution in [0.1, 0.15) is 83.4 Å². The van der Waals surface area contributed by atoms with Crippen LogP contribution in [0.5, 0.6) is 0 Å². The van der Waals surface area contributed by atoms with Crippen molar-refractivity contribution in [3.8, 4) is 22.6 Å². The van der Waals surface area contributed by atoms with Crippen molar-refractivity contribution < 1.29 is 27.7 Å². The summed E-state index contributed by atoms with van der Waals surface area (Å²) < 4.78 is 41.7. The minimum atomic E-state index is -0.809. The van der Waals surface area contributed by atoms with E-state index in [1.807, 2.05) is 55.6 Å². The van der Waals surface area contributed by atoms with E-state index < -0.39 is 17.7 Å². The molecule has 0 aliphatic heterocycles. The molecule has 4 aromatic heterocycles. The lowest BCUT2D eigenvalue weighted by Gasteiger charge is -2.11. The van der Waals surface area contributed by atoms with Crippen molar-refractivity contribution in [2.45, 2.75) is 73.6 Å². The Hall–Kier alpha value is -5.23. The molecule has 48 heavy (non-hydrogen) atoms. The van der Waals surface area contributed by atoms with Gasteiger partial charge >= 0.3 is 0 Å². The molecule has 0 spiro atoms. The van der Waals surface area contributed by atoms with Crippen LogP contribution < -0.4 is 0 Å². The van der Waals surface area contributed by atoms with Crippen LogP contribution in [0, 0.1) is 25.5 Å². The molecule has 0 saturated carbocycles. The zero-order chi connectivity index (χ0) is 34.5. The van der Waals surface area contributed by atoms with Gasteiger partial charge in [0.2, 0.25) is 0 Å². The van der Waals surface area contributed by atoms with Crippen molar-refractivity contribution in [1.29, 1.82) is 0 Å². The number of benzene rings is 2. The molecule has 0 aliphatic carbocycles. The number of aryl methyl sites for hydroxylation is 4. The number of rotatable bonds is 10. The maximum absolute atomic E-state index is 13.5. The summed E-state index contributed by atoms with van der Waals surface area (Å²) in [6.07, 6.45) is 7.96. The van der Waals surface area contributed by atoms with Gasteiger partial charge in [-0.15, -0.1) is 0 Å². The zero-order valence-electron chi connectivity index (χ0n) is 27.8. The molecule has 0 radical (unpaired) electrons. The number of carbonyl (C=O) groups excluding carboxylic acids is 1.